The maximum absolute atomic E-state index is 10.9. The highest BCUT2D eigenvalue weighted by atomic mass is 16.1. The Hall–Kier alpha value is -1.31. The van der Waals surface area contributed by atoms with Gasteiger partial charge in [-0.15, -0.1) is 0 Å². The fraction of sp³-hybridized carbons (Fsp3) is 0.588. The van der Waals surface area contributed by atoms with Crippen LogP contribution < -0.4 is 5.32 Å². The second-order valence-corrected chi connectivity index (χ2v) is 5.08. The lowest BCUT2D eigenvalue weighted by atomic mass is 10.1. The van der Waals surface area contributed by atoms with Crippen LogP contribution in [0.5, 0.6) is 0 Å². The van der Waals surface area contributed by atoms with Crippen molar-refractivity contribution in [2.75, 3.05) is 11.9 Å². The summed E-state index contributed by atoms with van der Waals surface area (Å²) in [5.41, 5.74) is 3.08. The number of unbranched alkanes of at least 4 members (excludes halogenated alkanes) is 5. The minimum absolute atomic E-state index is 0.813. The SMILES string of the molecule is CCCCCCCCNc1ccc(C=O)c(CC)c1. The molecule has 1 N–H and O–H groups in total. The monoisotopic (exact) mass is 261 g/mol. The van der Waals surface area contributed by atoms with Crippen molar-refractivity contribution >= 4 is 12.0 Å². The lowest BCUT2D eigenvalue weighted by molar-refractivity contribution is 0.112. The first-order chi connectivity index (χ1) is 9.31. The molecule has 0 atom stereocenters. The maximum atomic E-state index is 10.9. The molecular formula is C17H27NO. The van der Waals surface area contributed by atoms with E-state index in [2.05, 4.69) is 25.2 Å². The average Bonchev–Trinajstić information content (AvgIpc) is 2.46. The summed E-state index contributed by atoms with van der Waals surface area (Å²) in [6, 6.07) is 6.01. The Kier molecular flexibility index (Phi) is 7.95. The number of nitrogens with one attached hydrogen (secondary N) is 1. The van der Waals surface area contributed by atoms with Gasteiger partial charge in [-0.1, -0.05) is 46.0 Å². The number of hydrogen-bond acceptors (Lipinski definition) is 2. The van der Waals surface area contributed by atoms with Crippen LogP contribution in [0.1, 0.15) is 68.3 Å². The summed E-state index contributed by atoms with van der Waals surface area (Å²) in [6.07, 6.45) is 9.75. The van der Waals surface area contributed by atoms with Gasteiger partial charge < -0.3 is 5.32 Å². The predicted octanol–water partition coefficient (Wildman–Crippen LogP) is 4.83. The Labute approximate surface area is 117 Å². The van der Waals surface area contributed by atoms with Crippen molar-refractivity contribution < 1.29 is 4.79 Å². The molecule has 0 spiro atoms. The van der Waals surface area contributed by atoms with Crippen molar-refractivity contribution in [2.45, 2.75) is 58.8 Å². The molecule has 0 saturated heterocycles. The molecular weight excluding hydrogens is 234 g/mol. The van der Waals surface area contributed by atoms with Gasteiger partial charge in [0.25, 0.3) is 0 Å². The Balaban J connectivity index is 2.27. The van der Waals surface area contributed by atoms with Gasteiger partial charge in [0, 0.05) is 17.8 Å². The van der Waals surface area contributed by atoms with E-state index in [1.54, 1.807) is 0 Å². The van der Waals surface area contributed by atoms with Gasteiger partial charge in [0.05, 0.1) is 0 Å². The van der Waals surface area contributed by atoms with Gasteiger partial charge in [0.2, 0.25) is 0 Å². The normalized spacial score (nSPS) is 10.4. The molecule has 0 saturated carbocycles. The molecule has 0 aliphatic carbocycles. The highest BCUT2D eigenvalue weighted by Crippen LogP contribution is 2.15. The molecule has 1 aromatic carbocycles. The van der Waals surface area contributed by atoms with Gasteiger partial charge in [0.1, 0.15) is 6.29 Å². The lowest BCUT2D eigenvalue weighted by Gasteiger charge is -2.09. The van der Waals surface area contributed by atoms with E-state index in [4.69, 9.17) is 0 Å². The summed E-state index contributed by atoms with van der Waals surface area (Å²) in [7, 11) is 0. The minimum atomic E-state index is 0.813. The molecule has 0 aliphatic rings. The average molecular weight is 261 g/mol. The van der Waals surface area contributed by atoms with Crippen LogP contribution in [0.2, 0.25) is 0 Å². The van der Waals surface area contributed by atoms with Crippen molar-refractivity contribution in [3.05, 3.63) is 29.3 Å². The van der Waals surface area contributed by atoms with Crippen LogP contribution in [0.3, 0.4) is 0 Å². The number of carbonyl (C=O) groups excluding carboxylic acids is 1. The molecule has 19 heavy (non-hydrogen) atoms. The van der Waals surface area contributed by atoms with Crippen LogP contribution in [0, 0.1) is 0 Å². The Morgan fingerprint density at radius 2 is 1.79 bits per heavy atom. The highest BCUT2D eigenvalue weighted by molar-refractivity contribution is 5.78. The molecule has 0 radical (unpaired) electrons. The van der Waals surface area contributed by atoms with Gasteiger partial charge in [-0.05, 0) is 36.6 Å². The summed E-state index contributed by atoms with van der Waals surface area (Å²) >= 11 is 0. The molecule has 0 heterocycles. The molecule has 0 bridgehead atoms. The zero-order valence-electron chi connectivity index (χ0n) is 12.4. The molecule has 0 aliphatic heterocycles. The topological polar surface area (TPSA) is 29.1 Å². The first-order valence-electron chi connectivity index (χ1n) is 7.63. The highest BCUT2D eigenvalue weighted by Gasteiger charge is 2.01. The van der Waals surface area contributed by atoms with Gasteiger partial charge in [-0.25, -0.2) is 0 Å². The second kappa shape index (κ2) is 9.60. The van der Waals surface area contributed by atoms with E-state index < -0.39 is 0 Å². The molecule has 1 aromatic rings. The third-order valence-corrected chi connectivity index (χ3v) is 3.51. The van der Waals surface area contributed by atoms with Crippen LogP contribution in [0.25, 0.3) is 0 Å². The first-order valence-corrected chi connectivity index (χ1v) is 7.63. The van der Waals surface area contributed by atoms with E-state index in [9.17, 15) is 4.79 Å². The smallest absolute Gasteiger partial charge is 0.150 e. The molecule has 106 valence electrons. The molecule has 2 heteroatoms. The van der Waals surface area contributed by atoms with Crippen molar-refractivity contribution in [1.29, 1.82) is 0 Å². The summed E-state index contributed by atoms with van der Waals surface area (Å²) in [5, 5.41) is 3.45. The molecule has 1 rings (SSSR count). The van der Waals surface area contributed by atoms with E-state index in [0.717, 1.165) is 36.1 Å². The largest absolute Gasteiger partial charge is 0.385 e. The molecule has 0 aromatic heterocycles. The van der Waals surface area contributed by atoms with E-state index in [0.29, 0.717) is 0 Å². The van der Waals surface area contributed by atoms with Crippen LogP contribution in [0.15, 0.2) is 18.2 Å². The van der Waals surface area contributed by atoms with E-state index in [-0.39, 0.29) is 0 Å². The fourth-order valence-corrected chi connectivity index (χ4v) is 2.27. The number of aldehydes is 1. The number of carbonyl (C=O) groups is 1. The molecule has 0 unspecified atom stereocenters. The van der Waals surface area contributed by atoms with E-state index in [1.165, 1.54) is 38.5 Å². The van der Waals surface area contributed by atoms with Gasteiger partial charge in [-0.2, -0.15) is 0 Å². The van der Waals surface area contributed by atoms with Crippen molar-refractivity contribution in [3.63, 3.8) is 0 Å². The zero-order valence-corrected chi connectivity index (χ0v) is 12.4. The third-order valence-electron chi connectivity index (χ3n) is 3.51. The first kappa shape index (κ1) is 15.7. The van der Waals surface area contributed by atoms with E-state index in [1.807, 2.05) is 12.1 Å². The Bertz CT molecular complexity index is 374. The summed E-state index contributed by atoms with van der Waals surface area (Å²) in [6.45, 7) is 5.35. The van der Waals surface area contributed by atoms with Crippen LogP contribution in [-0.2, 0) is 6.42 Å². The second-order valence-electron chi connectivity index (χ2n) is 5.08. The maximum Gasteiger partial charge on any atom is 0.150 e. The predicted molar refractivity (Wildman–Crippen MR) is 83.1 cm³/mol. The van der Waals surface area contributed by atoms with Gasteiger partial charge in [-0.3, -0.25) is 4.79 Å². The van der Waals surface area contributed by atoms with Gasteiger partial charge in [0.15, 0.2) is 0 Å². The minimum Gasteiger partial charge on any atom is -0.385 e. The number of hydrogen-bond donors (Lipinski definition) is 1. The fourth-order valence-electron chi connectivity index (χ4n) is 2.27. The van der Waals surface area contributed by atoms with Crippen molar-refractivity contribution in [3.8, 4) is 0 Å². The van der Waals surface area contributed by atoms with Crippen LogP contribution >= 0.6 is 0 Å². The number of anilines is 1. The van der Waals surface area contributed by atoms with Crippen molar-refractivity contribution in [2.24, 2.45) is 0 Å². The Morgan fingerprint density at radius 3 is 2.47 bits per heavy atom. The molecule has 0 amide bonds. The quantitative estimate of drug-likeness (QED) is 0.482. The van der Waals surface area contributed by atoms with Crippen LogP contribution in [-0.4, -0.2) is 12.8 Å². The van der Waals surface area contributed by atoms with E-state index >= 15 is 0 Å². The summed E-state index contributed by atoms with van der Waals surface area (Å²) in [4.78, 5) is 10.9. The van der Waals surface area contributed by atoms with Gasteiger partial charge >= 0.3 is 0 Å². The molecule has 2 nitrogen and oxygen atoms in total. The third kappa shape index (κ3) is 5.91. The standard InChI is InChI=1S/C17H27NO/c1-3-5-6-7-8-9-12-18-17-11-10-16(14-19)15(4-2)13-17/h10-11,13-14,18H,3-9,12H2,1-2H3. The molecule has 0 fully saturated rings. The van der Waals surface area contributed by atoms with Crippen LogP contribution in [0.4, 0.5) is 5.69 Å². The number of rotatable bonds is 10. The lowest BCUT2D eigenvalue weighted by Crippen LogP contribution is -2.02. The number of benzene rings is 1. The number of aryl methyl sites for hydroxylation is 1. The summed E-state index contributed by atoms with van der Waals surface area (Å²) in [5.74, 6) is 0. The Morgan fingerprint density at radius 1 is 1.05 bits per heavy atom. The zero-order chi connectivity index (χ0) is 13.9. The van der Waals surface area contributed by atoms with Crippen molar-refractivity contribution in [1.82, 2.24) is 0 Å². The summed E-state index contributed by atoms with van der Waals surface area (Å²) < 4.78 is 0.